The molecule has 0 saturated heterocycles. The summed E-state index contributed by atoms with van der Waals surface area (Å²) in [6.45, 7) is 4.70. The van der Waals surface area contributed by atoms with Gasteiger partial charge >= 0.3 is 0 Å². The maximum absolute atomic E-state index is 14.2. The van der Waals surface area contributed by atoms with E-state index in [1.54, 1.807) is 19.2 Å². The van der Waals surface area contributed by atoms with Crippen molar-refractivity contribution in [2.75, 3.05) is 40.6 Å². The van der Waals surface area contributed by atoms with Gasteiger partial charge in [0.1, 0.15) is 0 Å². The van der Waals surface area contributed by atoms with E-state index in [9.17, 15) is 4.39 Å². The third-order valence-electron chi connectivity index (χ3n) is 3.26. The molecule has 5 heteroatoms. The number of hydrogen-bond donors (Lipinski definition) is 1. The monoisotopic (exact) mass is 299 g/mol. The van der Waals surface area contributed by atoms with Crippen molar-refractivity contribution in [3.05, 3.63) is 29.6 Å². The second-order valence-corrected chi connectivity index (χ2v) is 4.79. The van der Waals surface area contributed by atoms with E-state index < -0.39 is 0 Å². The molecule has 0 bridgehead atoms. The van der Waals surface area contributed by atoms with E-state index in [0.29, 0.717) is 37.6 Å². The first kappa shape index (κ1) is 17.9. The predicted molar refractivity (Wildman–Crippen MR) is 81.4 cm³/mol. The van der Waals surface area contributed by atoms with Crippen LogP contribution in [0.15, 0.2) is 18.2 Å². The Hall–Kier alpha value is -1.17. The summed E-state index contributed by atoms with van der Waals surface area (Å²) >= 11 is 0. The van der Waals surface area contributed by atoms with E-state index in [4.69, 9.17) is 14.2 Å². The van der Waals surface area contributed by atoms with Gasteiger partial charge in [0, 0.05) is 19.8 Å². The van der Waals surface area contributed by atoms with Crippen LogP contribution in [0.4, 0.5) is 4.39 Å². The molecule has 0 heterocycles. The highest BCUT2D eigenvalue weighted by atomic mass is 19.1. The Balaban J connectivity index is 2.53. The normalized spacial score (nSPS) is 12.4. The molecule has 4 nitrogen and oxygen atoms in total. The van der Waals surface area contributed by atoms with Crippen molar-refractivity contribution in [3.8, 4) is 5.75 Å². The lowest BCUT2D eigenvalue weighted by atomic mass is 10.0. The molecule has 0 saturated carbocycles. The maximum atomic E-state index is 14.2. The zero-order valence-electron chi connectivity index (χ0n) is 13.2. The first-order valence-electron chi connectivity index (χ1n) is 7.34. The molecule has 0 aliphatic carbocycles. The largest absolute Gasteiger partial charge is 0.494 e. The lowest BCUT2D eigenvalue weighted by molar-refractivity contribution is 0.0658. The third kappa shape index (κ3) is 6.42. The molecule has 0 amide bonds. The molecule has 1 rings (SSSR count). The van der Waals surface area contributed by atoms with E-state index >= 15 is 0 Å². The Morgan fingerprint density at radius 1 is 1.19 bits per heavy atom. The standard InChI is InChI=1S/C16H26FNO3/c1-4-18-14(8-9-21-11-10-19-2)12-13-6-5-7-15(20-3)16(13)17/h5-7,14,18H,4,8-12H2,1-3H3. The Bertz CT molecular complexity index is 401. The highest BCUT2D eigenvalue weighted by Gasteiger charge is 2.14. The van der Waals surface area contributed by atoms with E-state index in [0.717, 1.165) is 13.0 Å². The zero-order chi connectivity index (χ0) is 15.5. The summed E-state index contributed by atoms with van der Waals surface area (Å²) in [5.41, 5.74) is 0.664. The van der Waals surface area contributed by atoms with Crippen molar-refractivity contribution in [1.29, 1.82) is 0 Å². The molecule has 120 valence electrons. The van der Waals surface area contributed by atoms with Crippen molar-refractivity contribution >= 4 is 0 Å². The fraction of sp³-hybridized carbons (Fsp3) is 0.625. The SMILES string of the molecule is CCNC(CCOCCOC)Cc1cccc(OC)c1F. The third-order valence-corrected chi connectivity index (χ3v) is 3.26. The minimum absolute atomic E-state index is 0.180. The molecule has 1 aromatic carbocycles. The predicted octanol–water partition coefficient (Wildman–Crippen LogP) is 2.41. The van der Waals surface area contributed by atoms with Crippen LogP contribution in [-0.4, -0.2) is 46.6 Å². The fourth-order valence-electron chi connectivity index (χ4n) is 2.17. The lowest BCUT2D eigenvalue weighted by Crippen LogP contribution is -2.32. The molecule has 0 radical (unpaired) electrons. The zero-order valence-corrected chi connectivity index (χ0v) is 13.2. The van der Waals surface area contributed by atoms with Gasteiger partial charge in [0.05, 0.1) is 20.3 Å². The summed E-state index contributed by atoms with van der Waals surface area (Å²) in [6.07, 6.45) is 1.44. The minimum atomic E-state index is -0.275. The van der Waals surface area contributed by atoms with Gasteiger partial charge in [0.15, 0.2) is 11.6 Å². The maximum Gasteiger partial charge on any atom is 0.168 e. The van der Waals surface area contributed by atoms with Crippen molar-refractivity contribution in [1.82, 2.24) is 5.32 Å². The topological polar surface area (TPSA) is 39.7 Å². The first-order valence-corrected chi connectivity index (χ1v) is 7.34. The van der Waals surface area contributed by atoms with Crippen LogP contribution >= 0.6 is 0 Å². The average Bonchev–Trinajstić information content (AvgIpc) is 2.49. The first-order chi connectivity index (χ1) is 10.2. The smallest absolute Gasteiger partial charge is 0.168 e. The highest BCUT2D eigenvalue weighted by Crippen LogP contribution is 2.21. The van der Waals surface area contributed by atoms with Gasteiger partial charge in [-0.1, -0.05) is 19.1 Å². The van der Waals surface area contributed by atoms with Crippen LogP contribution in [0.5, 0.6) is 5.75 Å². The summed E-state index contributed by atoms with van der Waals surface area (Å²) in [5, 5.41) is 3.37. The molecule has 0 aromatic heterocycles. The Kier molecular flexibility index (Phi) is 8.98. The second kappa shape index (κ2) is 10.5. The minimum Gasteiger partial charge on any atom is -0.494 e. The van der Waals surface area contributed by atoms with Gasteiger partial charge in [-0.25, -0.2) is 4.39 Å². The number of likely N-dealkylation sites (N-methyl/N-ethyl adjacent to an activating group) is 1. The number of methoxy groups -OCH3 is 2. The van der Waals surface area contributed by atoms with Gasteiger partial charge in [0.25, 0.3) is 0 Å². The van der Waals surface area contributed by atoms with Gasteiger partial charge in [-0.2, -0.15) is 0 Å². The van der Waals surface area contributed by atoms with E-state index in [2.05, 4.69) is 5.32 Å². The van der Waals surface area contributed by atoms with Crippen molar-refractivity contribution in [3.63, 3.8) is 0 Å². The Morgan fingerprint density at radius 2 is 2.00 bits per heavy atom. The number of halogens is 1. The van der Waals surface area contributed by atoms with E-state index in [1.165, 1.54) is 7.11 Å². The van der Waals surface area contributed by atoms with E-state index in [-0.39, 0.29) is 11.9 Å². The van der Waals surface area contributed by atoms with Crippen molar-refractivity contribution < 1.29 is 18.6 Å². The number of benzene rings is 1. The number of ether oxygens (including phenoxy) is 3. The van der Waals surface area contributed by atoms with Crippen LogP contribution in [-0.2, 0) is 15.9 Å². The van der Waals surface area contributed by atoms with Crippen LogP contribution in [0.25, 0.3) is 0 Å². The number of rotatable bonds is 11. The summed E-state index contributed by atoms with van der Waals surface area (Å²) in [5.74, 6) is 0.0160. The van der Waals surface area contributed by atoms with Gasteiger partial charge in [0.2, 0.25) is 0 Å². The molecule has 21 heavy (non-hydrogen) atoms. The Morgan fingerprint density at radius 3 is 2.67 bits per heavy atom. The van der Waals surface area contributed by atoms with Gasteiger partial charge in [-0.3, -0.25) is 0 Å². The molecule has 1 unspecified atom stereocenters. The fourth-order valence-corrected chi connectivity index (χ4v) is 2.17. The summed E-state index contributed by atoms with van der Waals surface area (Å²) in [6, 6.07) is 5.43. The molecule has 1 atom stereocenters. The number of nitrogens with one attached hydrogen (secondary N) is 1. The number of hydrogen-bond acceptors (Lipinski definition) is 4. The highest BCUT2D eigenvalue weighted by molar-refractivity contribution is 5.31. The van der Waals surface area contributed by atoms with Gasteiger partial charge in [-0.05, 0) is 31.0 Å². The van der Waals surface area contributed by atoms with Crippen LogP contribution in [0.1, 0.15) is 18.9 Å². The molecule has 1 aromatic rings. The molecule has 0 fully saturated rings. The molecular formula is C16H26FNO3. The molecule has 0 aliphatic heterocycles. The molecule has 0 aliphatic rings. The summed E-state index contributed by atoms with van der Waals surface area (Å²) in [4.78, 5) is 0. The quantitative estimate of drug-likeness (QED) is 0.637. The van der Waals surface area contributed by atoms with Crippen molar-refractivity contribution in [2.45, 2.75) is 25.8 Å². The Labute approximate surface area is 126 Å². The molecule has 1 N–H and O–H groups in total. The average molecular weight is 299 g/mol. The summed E-state index contributed by atoms with van der Waals surface area (Å²) in [7, 11) is 3.13. The van der Waals surface area contributed by atoms with Crippen LogP contribution in [0, 0.1) is 5.82 Å². The summed E-state index contributed by atoms with van der Waals surface area (Å²) < 4.78 is 29.6. The van der Waals surface area contributed by atoms with Crippen LogP contribution in [0.2, 0.25) is 0 Å². The van der Waals surface area contributed by atoms with E-state index in [1.807, 2.05) is 13.0 Å². The van der Waals surface area contributed by atoms with Gasteiger partial charge in [-0.15, -0.1) is 0 Å². The van der Waals surface area contributed by atoms with Crippen LogP contribution < -0.4 is 10.1 Å². The second-order valence-electron chi connectivity index (χ2n) is 4.79. The molecular weight excluding hydrogens is 273 g/mol. The van der Waals surface area contributed by atoms with Gasteiger partial charge < -0.3 is 19.5 Å². The molecule has 0 spiro atoms. The van der Waals surface area contributed by atoms with Crippen molar-refractivity contribution in [2.24, 2.45) is 0 Å². The lowest BCUT2D eigenvalue weighted by Gasteiger charge is -2.19. The van der Waals surface area contributed by atoms with Crippen LogP contribution in [0.3, 0.4) is 0 Å².